The Balaban J connectivity index is 1.69. The van der Waals surface area contributed by atoms with E-state index in [4.69, 9.17) is 21.1 Å². The Morgan fingerprint density at radius 2 is 1.72 bits per heavy atom. The van der Waals surface area contributed by atoms with Gasteiger partial charge in [0.1, 0.15) is 5.75 Å². The first-order valence-corrected chi connectivity index (χ1v) is 9.26. The summed E-state index contributed by atoms with van der Waals surface area (Å²) in [6, 6.07) is 9.74. The minimum atomic E-state index is -1.01. The third-order valence-corrected chi connectivity index (χ3v) is 4.68. The highest BCUT2D eigenvalue weighted by Crippen LogP contribution is 2.27. The molecule has 3 rings (SSSR count). The fourth-order valence-electron chi connectivity index (χ4n) is 2.63. The summed E-state index contributed by atoms with van der Waals surface area (Å²) in [5, 5.41) is 3.01. The van der Waals surface area contributed by atoms with Gasteiger partial charge in [0.15, 0.2) is 6.10 Å². The van der Waals surface area contributed by atoms with E-state index in [0.29, 0.717) is 33.1 Å². The van der Waals surface area contributed by atoms with Crippen molar-refractivity contribution >= 4 is 40.2 Å². The molecule has 1 amide bonds. The normalized spacial score (nSPS) is 11.8. The maximum Gasteiger partial charge on any atom is 0.338 e. The van der Waals surface area contributed by atoms with Gasteiger partial charge in [-0.25, -0.2) is 14.8 Å². The highest BCUT2D eigenvalue weighted by atomic mass is 35.5. The van der Waals surface area contributed by atoms with Crippen LogP contribution in [0.25, 0.3) is 11.0 Å². The fourth-order valence-corrected chi connectivity index (χ4v) is 2.89. The number of ether oxygens (including phenoxy) is 2. The average Bonchev–Trinajstić information content (AvgIpc) is 2.68. The number of carbonyl (C=O) groups excluding carboxylic acids is 2. The maximum atomic E-state index is 12.5. The van der Waals surface area contributed by atoms with Crippen molar-refractivity contribution in [3.05, 3.63) is 58.4 Å². The molecule has 0 aliphatic carbocycles. The molecule has 3 aromatic rings. The maximum absolute atomic E-state index is 12.5. The van der Waals surface area contributed by atoms with E-state index in [0.717, 1.165) is 11.4 Å². The molecule has 0 saturated heterocycles. The third-order valence-electron chi connectivity index (χ3n) is 4.38. The number of nitrogens with zero attached hydrogens (tertiary/aromatic N) is 2. The zero-order valence-electron chi connectivity index (χ0n) is 16.4. The lowest BCUT2D eigenvalue weighted by molar-refractivity contribution is -0.123. The van der Waals surface area contributed by atoms with E-state index in [9.17, 15) is 9.59 Å². The molecule has 0 spiro atoms. The molecular weight excluding hydrogens is 394 g/mol. The van der Waals surface area contributed by atoms with Crippen molar-refractivity contribution in [3.63, 3.8) is 0 Å². The average molecular weight is 414 g/mol. The molecule has 1 N–H and O–H groups in total. The number of rotatable bonds is 5. The summed E-state index contributed by atoms with van der Waals surface area (Å²) in [5.41, 5.74) is 3.66. The van der Waals surface area contributed by atoms with Crippen molar-refractivity contribution in [2.75, 3.05) is 12.4 Å². The summed E-state index contributed by atoms with van der Waals surface area (Å²) < 4.78 is 10.4. The topological polar surface area (TPSA) is 90.4 Å². The smallest absolute Gasteiger partial charge is 0.338 e. The van der Waals surface area contributed by atoms with Crippen molar-refractivity contribution in [1.29, 1.82) is 0 Å². The molecule has 29 heavy (non-hydrogen) atoms. The van der Waals surface area contributed by atoms with Crippen molar-refractivity contribution < 1.29 is 19.1 Å². The Hall–Kier alpha value is -3.19. The van der Waals surface area contributed by atoms with E-state index in [-0.39, 0.29) is 0 Å². The van der Waals surface area contributed by atoms with Crippen LogP contribution in [0.2, 0.25) is 5.02 Å². The van der Waals surface area contributed by atoms with E-state index in [2.05, 4.69) is 15.3 Å². The van der Waals surface area contributed by atoms with E-state index >= 15 is 0 Å². The van der Waals surface area contributed by atoms with E-state index in [1.807, 2.05) is 13.8 Å². The molecule has 0 unspecified atom stereocenters. The summed E-state index contributed by atoms with van der Waals surface area (Å²) in [5.74, 6) is -0.608. The van der Waals surface area contributed by atoms with Crippen LogP contribution in [0.15, 0.2) is 36.4 Å². The van der Waals surface area contributed by atoms with E-state index in [1.54, 1.807) is 36.4 Å². The number of hydrogen-bond acceptors (Lipinski definition) is 6. The number of halogens is 1. The van der Waals surface area contributed by atoms with Crippen LogP contribution >= 0.6 is 11.6 Å². The lowest BCUT2D eigenvalue weighted by atomic mass is 10.2. The Labute approximate surface area is 173 Å². The number of esters is 1. The van der Waals surface area contributed by atoms with Crippen LogP contribution in [0.1, 0.15) is 28.7 Å². The van der Waals surface area contributed by atoms with Gasteiger partial charge in [-0.2, -0.15) is 0 Å². The highest BCUT2D eigenvalue weighted by Gasteiger charge is 2.20. The summed E-state index contributed by atoms with van der Waals surface area (Å²) in [4.78, 5) is 33.7. The molecular formula is C21H20ClN3O4. The lowest BCUT2D eigenvalue weighted by Gasteiger charge is -2.14. The predicted octanol–water partition coefficient (Wildman–Crippen LogP) is 4.09. The Kier molecular flexibility index (Phi) is 5.98. The molecule has 0 aliphatic rings. The van der Waals surface area contributed by atoms with E-state index < -0.39 is 18.0 Å². The van der Waals surface area contributed by atoms with Gasteiger partial charge in [-0.15, -0.1) is 0 Å². The zero-order chi connectivity index (χ0) is 21.1. The number of benzene rings is 2. The molecule has 1 heterocycles. The second kappa shape index (κ2) is 8.45. The predicted molar refractivity (Wildman–Crippen MR) is 111 cm³/mol. The van der Waals surface area contributed by atoms with Gasteiger partial charge in [0.2, 0.25) is 0 Å². The first kappa shape index (κ1) is 20.5. The van der Waals surface area contributed by atoms with Gasteiger partial charge < -0.3 is 14.8 Å². The number of hydrogen-bond donors (Lipinski definition) is 1. The molecule has 0 radical (unpaired) electrons. The Morgan fingerprint density at radius 1 is 1.03 bits per heavy atom. The van der Waals surface area contributed by atoms with Crippen LogP contribution in [0, 0.1) is 13.8 Å². The molecule has 0 fully saturated rings. The van der Waals surface area contributed by atoms with Crippen molar-refractivity contribution in [3.8, 4) is 5.75 Å². The van der Waals surface area contributed by atoms with Gasteiger partial charge >= 0.3 is 5.97 Å². The van der Waals surface area contributed by atoms with Gasteiger partial charge in [-0.05, 0) is 57.2 Å². The molecule has 8 heteroatoms. The number of aryl methyl sites for hydroxylation is 2. The standard InChI is InChI=1S/C21H20ClN3O4/c1-11-12(2)24-18-9-14(5-7-17(18)23-11)21(27)29-13(3)20(26)25-15-6-8-19(28-4)16(22)10-15/h5-10,13H,1-4H3,(H,25,26)/t13-/m0/s1. The fraction of sp³-hybridized carbons (Fsp3) is 0.238. The number of amides is 1. The third kappa shape index (κ3) is 4.63. The summed E-state index contributed by atoms with van der Waals surface area (Å²) in [6.45, 7) is 5.22. The number of fused-ring (bicyclic) bond motifs is 1. The first-order chi connectivity index (χ1) is 13.8. The zero-order valence-corrected chi connectivity index (χ0v) is 17.2. The number of carbonyl (C=O) groups is 2. The first-order valence-electron chi connectivity index (χ1n) is 8.89. The SMILES string of the molecule is COc1ccc(NC(=O)[C@H](C)OC(=O)c2ccc3nc(C)c(C)nc3c2)cc1Cl. The quantitative estimate of drug-likeness (QED) is 0.633. The lowest BCUT2D eigenvalue weighted by Crippen LogP contribution is -2.30. The van der Waals surface area contributed by atoms with Gasteiger partial charge in [-0.1, -0.05) is 11.6 Å². The largest absolute Gasteiger partial charge is 0.495 e. The summed E-state index contributed by atoms with van der Waals surface area (Å²) in [7, 11) is 1.50. The van der Waals surface area contributed by atoms with Crippen LogP contribution in [0.5, 0.6) is 5.75 Å². The van der Waals surface area contributed by atoms with Gasteiger partial charge in [0, 0.05) is 5.69 Å². The highest BCUT2D eigenvalue weighted by molar-refractivity contribution is 6.32. The van der Waals surface area contributed by atoms with Gasteiger partial charge in [-0.3, -0.25) is 4.79 Å². The Morgan fingerprint density at radius 3 is 2.38 bits per heavy atom. The number of aromatic nitrogens is 2. The van der Waals surface area contributed by atoms with Crippen molar-refractivity contribution in [1.82, 2.24) is 9.97 Å². The second-order valence-electron chi connectivity index (χ2n) is 6.48. The van der Waals surface area contributed by atoms with Crippen LogP contribution in [0.3, 0.4) is 0 Å². The summed E-state index contributed by atoms with van der Waals surface area (Å²) >= 11 is 6.05. The van der Waals surface area contributed by atoms with Gasteiger partial charge in [0.05, 0.1) is 40.1 Å². The summed E-state index contributed by atoms with van der Waals surface area (Å²) in [6.07, 6.45) is -1.01. The van der Waals surface area contributed by atoms with Crippen LogP contribution in [0.4, 0.5) is 5.69 Å². The van der Waals surface area contributed by atoms with Crippen LogP contribution in [-0.4, -0.2) is 35.1 Å². The van der Waals surface area contributed by atoms with Crippen LogP contribution in [-0.2, 0) is 9.53 Å². The second-order valence-corrected chi connectivity index (χ2v) is 6.89. The number of nitrogens with one attached hydrogen (secondary N) is 1. The monoisotopic (exact) mass is 413 g/mol. The molecule has 0 aliphatic heterocycles. The Bertz CT molecular complexity index is 1100. The molecule has 0 saturated carbocycles. The molecule has 0 bridgehead atoms. The number of methoxy groups -OCH3 is 1. The van der Waals surface area contributed by atoms with Crippen molar-refractivity contribution in [2.24, 2.45) is 0 Å². The minimum Gasteiger partial charge on any atom is -0.495 e. The molecule has 7 nitrogen and oxygen atoms in total. The molecule has 1 atom stereocenters. The van der Waals surface area contributed by atoms with Crippen LogP contribution < -0.4 is 10.1 Å². The molecule has 150 valence electrons. The van der Waals surface area contributed by atoms with E-state index in [1.165, 1.54) is 14.0 Å². The molecule has 2 aromatic carbocycles. The minimum absolute atomic E-state index is 0.294. The van der Waals surface area contributed by atoms with Crippen molar-refractivity contribution in [2.45, 2.75) is 26.9 Å². The van der Waals surface area contributed by atoms with Gasteiger partial charge in [0.25, 0.3) is 5.91 Å². The number of anilines is 1. The molecule has 1 aromatic heterocycles.